The first kappa shape index (κ1) is 19.1. The van der Waals surface area contributed by atoms with Crippen molar-refractivity contribution in [3.63, 3.8) is 0 Å². The highest BCUT2D eigenvalue weighted by molar-refractivity contribution is 7.10. The molecule has 1 fully saturated rings. The summed E-state index contributed by atoms with van der Waals surface area (Å²) in [5, 5.41) is 7.48. The Morgan fingerprint density at radius 1 is 1.30 bits per heavy atom. The Morgan fingerprint density at radius 2 is 2.11 bits per heavy atom. The minimum Gasteiger partial charge on any atom is -0.497 e. The molecule has 0 aliphatic carbocycles. The Hall–Kier alpha value is -2.64. The average Bonchev–Trinajstić information content (AvgIpc) is 3.39. The van der Waals surface area contributed by atoms with Gasteiger partial charge in [0.05, 0.1) is 13.2 Å². The van der Waals surface area contributed by atoms with E-state index in [0.717, 1.165) is 24.3 Å². The molecular weight excluding hydrogens is 364 g/mol. The van der Waals surface area contributed by atoms with Gasteiger partial charge in [-0.05, 0) is 54.6 Å². The number of hydrogen-bond acceptors (Lipinski definition) is 5. The third kappa shape index (κ3) is 5.42. The largest absolute Gasteiger partial charge is 0.497 e. The molecule has 2 amide bonds. The van der Waals surface area contributed by atoms with Crippen LogP contribution in [0.4, 0.5) is 0 Å². The van der Waals surface area contributed by atoms with E-state index in [-0.39, 0.29) is 23.6 Å². The van der Waals surface area contributed by atoms with Crippen LogP contribution in [0.2, 0.25) is 0 Å². The summed E-state index contributed by atoms with van der Waals surface area (Å²) in [5.74, 6) is -0.0244. The van der Waals surface area contributed by atoms with E-state index in [4.69, 9.17) is 9.47 Å². The van der Waals surface area contributed by atoms with Crippen LogP contribution in [0.25, 0.3) is 6.08 Å². The van der Waals surface area contributed by atoms with Crippen LogP contribution >= 0.6 is 11.3 Å². The highest BCUT2D eigenvalue weighted by Crippen LogP contribution is 2.15. The van der Waals surface area contributed by atoms with Gasteiger partial charge in [-0.3, -0.25) is 9.59 Å². The number of benzene rings is 1. The van der Waals surface area contributed by atoms with Crippen molar-refractivity contribution in [2.24, 2.45) is 0 Å². The van der Waals surface area contributed by atoms with Gasteiger partial charge < -0.3 is 20.1 Å². The van der Waals surface area contributed by atoms with E-state index >= 15 is 0 Å². The molecule has 0 unspecified atom stereocenters. The lowest BCUT2D eigenvalue weighted by Gasteiger charge is -2.14. The van der Waals surface area contributed by atoms with Crippen LogP contribution in [0.5, 0.6) is 5.75 Å². The SMILES string of the molecule is COc1ccc(C(=O)N/C(=C\c2cccs2)C(=O)NC[C@H]2CCCO2)cc1. The molecule has 7 heteroatoms. The summed E-state index contributed by atoms with van der Waals surface area (Å²) in [6.45, 7) is 1.16. The third-order valence-electron chi connectivity index (χ3n) is 4.19. The van der Waals surface area contributed by atoms with Gasteiger partial charge >= 0.3 is 0 Å². The summed E-state index contributed by atoms with van der Waals surface area (Å²) >= 11 is 1.49. The Bertz CT molecular complexity index is 794. The molecule has 0 radical (unpaired) electrons. The highest BCUT2D eigenvalue weighted by atomic mass is 32.1. The van der Waals surface area contributed by atoms with Gasteiger partial charge in [-0.1, -0.05) is 6.07 Å². The maximum atomic E-state index is 12.6. The van der Waals surface area contributed by atoms with E-state index in [0.29, 0.717) is 17.9 Å². The van der Waals surface area contributed by atoms with Gasteiger partial charge in [0.15, 0.2) is 0 Å². The molecule has 0 spiro atoms. The second kappa shape index (κ2) is 9.34. The van der Waals surface area contributed by atoms with Gasteiger partial charge in [0.2, 0.25) is 0 Å². The average molecular weight is 386 g/mol. The molecule has 1 saturated heterocycles. The van der Waals surface area contributed by atoms with E-state index in [9.17, 15) is 9.59 Å². The fourth-order valence-corrected chi connectivity index (χ4v) is 3.38. The number of thiophene rings is 1. The molecule has 1 aliphatic rings. The molecule has 1 aromatic heterocycles. The molecule has 0 saturated carbocycles. The monoisotopic (exact) mass is 386 g/mol. The molecule has 2 N–H and O–H groups in total. The normalized spacial score (nSPS) is 16.8. The molecule has 0 bridgehead atoms. The van der Waals surface area contributed by atoms with Crippen LogP contribution in [0.3, 0.4) is 0 Å². The van der Waals surface area contributed by atoms with Gasteiger partial charge in [-0.25, -0.2) is 0 Å². The summed E-state index contributed by atoms with van der Waals surface area (Å²) in [6, 6.07) is 10.5. The third-order valence-corrected chi connectivity index (χ3v) is 5.01. The van der Waals surface area contributed by atoms with Crippen molar-refractivity contribution >= 4 is 29.2 Å². The van der Waals surface area contributed by atoms with E-state index < -0.39 is 0 Å². The molecule has 1 atom stereocenters. The molecule has 2 heterocycles. The second-order valence-electron chi connectivity index (χ2n) is 6.10. The maximum Gasteiger partial charge on any atom is 0.267 e. The zero-order chi connectivity index (χ0) is 19.1. The van der Waals surface area contributed by atoms with E-state index in [1.807, 2.05) is 17.5 Å². The number of carbonyl (C=O) groups is 2. The van der Waals surface area contributed by atoms with E-state index in [2.05, 4.69) is 10.6 Å². The predicted octanol–water partition coefficient (Wildman–Crippen LogP) is 2.82. The maximum absolute atomic E-state index is 12.6. The van der Waals surface area contributed by atoms with Gasteiger partial charge in [0.1, 0.15) is 11.4 Å². The molecule has 1 aromatic carbocycles. The van der Waals surface area contributed by atoms with Crippen molar-refractivity contribution in [1.29, 1.82) is 0 Å². The van der Waals surface area contributed by atoms with Crippen LogP contribution in [0.15, 0.2) is 47.5 Å². The summed E-state index contributed by atoms with van der Waals surface area (Å²) in [4.78, 5) is 26.1. The quantitative estimate of drug-likeness (QED) is 0.718. The zero-order valence-corrected chi connectivity index (χ0v) is 15.9. The van der Waals surface area contributed by atoms with Gasteiger partial charge in [-0.2, -0.15) is 0 Å². The molecule has 3 rings (SSSR count). The molecule has 2 aromatic rings. The minimum absolute atomic E-state index is 0.0363. The highest BCUT2D eigenvalue weighted by Gasteiger charge is 2.19. The molecule has 6 nitrogen and oxygen atoms in total. The Morgan fingerprint density at radius 3 is 2.74 bits per heavy atom. The fraction of sp³-hybridized carbons (Fsp3) is 0.300. The van der Waals surface area contributed by atoms with E-state index in [1.165, 1.54) is 11.3 Å². The Balaban J connectivity index is 1.70. The van der Waals surface area contributed by atoms with Crippen molar-refractivity contribution in [3.05, 3.63) is 57.9 Å². The van der Waals surface area contributed by atoms with Crippen LogP contribution in [-0.4, -0.2) is 38.2 Å². The first-order valence-corrected chi connectivity index (χ1v) is 9.64. The molecule has 1 aliphatic heterocycles. The number of amides is 2. The predicted molar refractivity (Wildman–Crippen MR) is 105 cm³/mol. The van der Waals surface area contributed by atoms with Gasteiger partial charge in [-0.15, -0.1) is 11.3 Å². The van der Waals surface area contributed by atoms with Crippen LogP contribution in [0, 0.1) is 0 Å². The Kier molecular flexibility index (Phi) is 6.62. The van der Waals surface area contributed by atoms with Crippen molar-refractivity contribution in [2.75, 3.05) is 20.3 Å². The lowest BCUT2D eigenvalue weighted by Crippen LogP contribution is -2.38. The van der Waals surface area contributed by atoms with Gasteiger partial charge in [0, 0.05) is 23.6 Å². The smallest absolute Gasteiger partial charge is 0.267 e. The molecular formula is C20H22N2O4S. The summed E-state index contributed by atoms with van der Waals surface area (Å²) in [7, 11) is 1.56. The minimum atomic E-state index is -0.354. The van der Waals surface area contributed by atoms with Crippen LogP contribution in [0.1, 0.15) is 28.1 Å². The number of methoxy groups -OCH3 is 1. The lowest BCUT2D eigenvalue weighted by atomic mass is 10.2. The first-order chi connectivity index (χ1) is 13.2. The molecule has 142 valence electrons. The summed E-state index contributed by atoms with van der Waals surface area (Å²) in [5.41, 5.74) is 0.649. The number of carbonyl (C=O) groups excluding carboxylic acids is 2. The summed E-state index contributed by atoms with van der Waals surface area (Å²) < 4.78 is 10.6. The van der Waals surface area contributed by atoms with Crippen molar-refractivity contribution < 1.29 is 19.1 Å². The standard InChI is InChI=1S/C20H22N2O4S/c1-25-15-8-6-14(7-9-15)19(23)22-18(12-17-5-3-11-27-17)20(24)21-13-16-4-2-10-26-16/h3,5-9,11-12,16H,2,4,10,13H2,1H3,(H,21,24)(H,22,23)/b18-12-/t16-/m1/s1. The Labute approximate surface area is 162 Å². The zero-order valence-electron chi connectivity index (χ0n) is 15.1. The van der Waals surface area contributed by atoms with E-state index in [1.54, 1.807) is 37.5 Å². The number of nitrogens with one attached hydrogen (secondary N) is 2. The topological polar surface area (TPSA) is 76.7 Å². The number of hydrogen-bond donors (Lipinski definition) is 2. The summed E-state index contributed by atoms with van der Waals surface area (Å²) in [6.07, 6.45) is 3.65. The van der Waals surface area contributed by atoms with Crippen LogP contribution in [-0.2, 0) is 9.53 Å². The lowest BCUT2D eigenvalue weighted by molar-refractivity contribution is -0.118. The number of rotatable bonds is 7. The second-order valence-corrected chi connectivity index (χ2v) is 7.08. The first-order valence-electron chi connectivity index (χ1n) is 8.76. The van der Waals surface area contributed by atoms with Crippen molar-refractivity contribution in [3.8, 4) is 5.75 Å². The van der Waals surface area contributed by atoms with Crippen LogP contribution < -0.4 is 15.4 Å². The fourth-order valence-electron chi connectivity index (χ4n) is 2.72. The van der Waals surface area contributed by atoms with Crippen molar-refractivity contribution in [2.45, 2.75) is 18.9 Å². The van der Waals surface area contributed by atoms with Crippen molar-refractivity contribution in [1.82, 2.24) is 10.6 Å². The van der Waals surface area contributed by atoms with Gasteiger partial charge in [0.25, 0.3) is 11.8 Å². The molecule has 27 heavy (non-hydrogen) atoms. The number of ether oxygens (including phenoxy) is 2.